The number of thiazole rings is 2. The van der Waals surface area contributed by atoms with E-state index in [1.807, 2.05) is 67.6 Å². The number of nitrogens with one attached hydrogen (secondary N) is 1. The van der Waals surface area contributed by atoms with E-state index in [0.717, 1.165) is 16.0 Å². The first-order valence-electron chi connectivity index (χ1n) is 14.6. The number of anilines is 1. The van der Waals surface area contributed by atoms with Crippen LogP contribution in [0.25, 0.3) is 0 Å². The van der Waals surface area contributed by atoms with Gasteiger partial charge in [-0.15, -0.1) is 22.7 Å². The van der Waals surface area contributed by atoms with Crippen molar-refractivity contribution in [2.24, 2.45) is 0 Å². The van der Waals surface area contributed by atoms with E-state index in [1.54, 1.807) is 28.3 Å². The van der Waals surface area contributed by atoms with E-state index in [4.69, 9.17) is 18.9 Å². The third kappa shape index (κ3) is 11.5. The minimum absolute atomic E-state index is 0.134. The summed E-state index contributed by atoms with van der Waals surface area (Å²) in [6.07, 6.45) is 2.27. The summed E-state index contributed by atoms with van der Waals surface area (Å²) in [5.41, 5.74) is 5.43. The molecule has 4 rings (SSSR count). The van der Waals surface area contributed by atoms with Crippen molar-refractivity contribution in [1.82, 2.24) is 20.2 Å². The molecule has 2 aromatic carbocycles. The van der Waals surface area contributed by atoms with Crippen molar-refractivity contribution in [3.63, 3.8) is 0 Å². The average Bonchev–Trinajstić information content (AvgIpc) is 3.79. The lowest BCUT2D eigenvalue weighted by molar-refractivity contribution is 0.0679. The number of carbonyl (C=O) groups is 2. The Balaban J connectivity index is 1.46. The second-order valence-corrected chi connectivity index (χ2v) is 11.9. The summed E-state index contributed by atoms with van der Waals surface area (Å²) in [5, 5.41) is 3.62. The molecular weight excluding hydrogens is 615 g/mol. The molecule has 0 aliphatic carbocycles. The van der Waals surface area contributed by atoms with Crippen LogP contribution in [0.1, 0.15) is 22.9 Å². The molecule has 0 bridgehead atoms. The first-order chi connectivity index (χ1) is 22.1. The van der Waals surface area contributed by atoms with Crippen LogP contribution in [0.5, 0.6) is 0 Å². The van der Waals surface area contributed by atoms with Gasteiger partial charge in [0.25, 0.3) is 0 Å². The number of methoxy groups -OCH3 is 1. The summed E-state index contributed by atoms with van der Waals surface area (Å²) < 4.78 is 22.8. The Kier molecular flexibility index (Phi) is 14.2. The third-order valence-electron chi connectivity index (χ3n) is 6.79. The number of aromatic nitrogens is 2. The van der Waals surface area contributed by atoms with Gasteiger partial charge >= 0.3 is 12.2 Å². The number of rotatable bonds is 18. The van der Waals surface area contributed by atoms with Gasteiger partial charge in [0.05, 0.1) is 67.7 Å². The van der Waals surface area contributed by atoms with Gasteiger partial charge in [-0.25, -0.2) is 9.59 Å². The van der Waals surface area contributed by atoms with E-state index >= 15 is 0 Å². The minimum Gasteiger partial charge on any atom is -0.452 e. The number of ether oxygens (including phenoxy) is 4. The maximum atomic E-state index is 13.1. The topological polar surface area (TPSA) is 115 Å². The quantitative estimate of drug-likeness (QED) is 0.147. The van der Waals surface area contributed by atoms with Crippen LogP contribution in [0, 0.1) is 0 Å². The maximum absolute atomic E-state index is 13.1. The molecule has 11 nitrogen and oxygen atoms in total. The molecule has 2 aromatic heterocycles. The smallest absolute Gasteiger partial charge is 0.415 e. The molecule has 1 unspecified atom stereocenters. The Morgan fingerprint density at radius 2 is 1.49 bits per heavy atom. The van der Waals surface area contributed by atoms with Gasteiger partial charge < -0.3 is 24.3 Å². The van der Waals surface area contributed by atoms with Crippen molar-refractivity contribution in [3.8, 4) is 0 Å². The molecule has 0 saturated heterocycles. The summed E-state index contributed by atoms with van der Waals surface area (Å²) in [4.78, 5) is 38.7. The van der Waals surface area contributed by atoms with E-state index in [0.29, 0.717) is 37.8 Å². The molecule has 0 radical (unpaired) electrons. The Labute approximate surface area is 271 Å². The predicted octanol–water partition coefficient (Wildman–Crippen LogP) is 5.59. The van der Waals surface area contributed by atoms with Crippen molar-refractivity contribution in [3.05, 3.63) is 100 Å². The van der Waals surface area contributed by atoms with Crippen LogP contribution >= 0.6 is 22.7 Å². The first kappa shape index (κ1) is 34.0. The van der Waals surface area contributed by atoms with Crippen molar-refractivity contribution in [2.75, 3.05) is 44.9 Å². The van der Waals surface area contributed by atoms with Crippen LogP contribution in [-0.2, 0) is 38.8 Å². The lowest BCUT2D eigenvalue weighted by Gasteiger charge is -2.34. The molecule has 0 fully saturated rings. The zero-order valence-corrected chi connectivity index (χ0v) is 27.1. The summed E-state index contributed by atoms with van der Waals surface area (Å²) >= 11 is 2.77. The number of hydrogen-bond donors (Lipinski definition) is 1. The van der Waals surface area contributed by atoms with Crippen LogP contribution < -0.4 is 10.2 Å². The Morgan fingerprint density at radius 1 is 0.844 bits per heavy atom. The molecule has 2 amide bonds. The van der Waals surface area contributed by atoms with E-state index < -0.39 is 24.3 Å². The molecular formula is C32H39N5O6S2. The number of likely N-dealkylation sites (N-methyl/N-ethyl adjacent to an activating group) is 1. The first-order valence-corrected chi connectivity index (χ1v) is 16.3. The van der Waals surface area contributed by atoms with E-state index in [9.17, 15) is 9.59 Å². The van der Waals surface area contributed by atoms with Gasteiger partial charge in [0, 0.05) is 19.3 Å². The van der Waals surface area contributed by atoms with Gasteiger partial charge in [0.1, 0.15) is 11.6 Å². The van der Waals surface area contributed by atoms with Crippen molar-refractivity contribution in [2.45, 2.75) is 38.8 Å². The highest BCUT2D eigenvalue weighted by atomic mass is 32.1. The summed E-state index contributed by atoms with van der Waals surface area (Å²) in [7, 11) is 1.36. The van der Waals surface area contributed by atoms with Gasteiger partial charge in [-0.1, -0.05) is 67.6 Å². The summed E-state index contributed by atoms with van der Waals surface area (Å²) in [6.45, 7) is 4.97. The second-order valence-electron chi connectivity index (χ2n) is 10.1. The fourth-order valence-electron chi connectivity index (χ4n) is 4.58. The van der Waals surface area contributed by atoms with Crippen molar-refractivity contribution < 1.29 is 28.5 Å². The van der Waals surface area contributed by atoms with E-state index in [2.05, 4.69) is 20.2 Å². The molecule has 2 heterocycles. The maximum Gasteiger partial charge on any atom is 0.415 e. The minimum atomic E-state index is -0.545. The standard InChI is InChI=1S/C32H39N5O6S2/c1-3-36(16-27(20-41-18-25-10-6-4-7-11-25)35-31(38)43-22-29-14-33-23-44-29)17-28(21-42-19-26-12-8-5-9-13-26)37(32(39)40-2)30-15-34-24-45-30/h4-15,23-24,27-28H,3,16-22H2,1-2H3,(H,35,38)/t27-,28?/m0/s1. The van der Waals surface area contributed by atoms with Crippen LogP contribution in [0.3, 0.4) is 0 Å². The number of amides is 2. The van der Waals surface area contributed by atoms with Crippen LogP contribution in [0.2, 0.25) is 0 Å². The Morgan fingerprint density at radius 3 is 2.07 bits per heavy atom. The average molecular weight is 654 g/mol. The highest BCUT2D eigenvalue weighted by Gasteiger charge is 2.30. The zero-order chi connectivity index (χ0) is 31.7. The molecule has 2 atom stereocenters. The van der Waals surface area contributed by atoms with E-state index in [-0.39, 0.29) is 19.8 Å². The SMILES string of the molecule is CCN(CC(COCc1ccccc1)N(C(=O)OC)c1cncs1)C[C@@H](COCc1ccccc1)NC(=O)OCc1cncs1. The highest BCUT2D eigenvalue weighted by molar-refractivity contribution is 7.14. The number of nitrogens with zero attached hydrogens (tertiary/aromatic N) is 4. The summed E-state index contributed by atoms with van der Waals surface area (Å²) in [5.74, 6) is 0. The van der Waals surface area contributed by atoms with Crippen molar-refractivity contribution in [1.29, 1.82) is 0 Å². The number of alkyl carbamates (subject to hydrolysis) is 1. The van der Waals surface area contributed by atoms with Gasteiger partial charge in [0.2, 0.25) is 0 Å². The molecule has 4 aromatic rings. The van der Waals surface area contributed by atoms with Gasteiger partial charge in [-0.3, -0.25) is 19.8 Å². The molecule has 13 heteroatoms. The monoisotopic (exact) mass is 653 g/mol. The fraction of sp³-hybridized carbons (Fsp3) is 0.375. The molecule has 45 heavy (non-hydrogen) atoms. The highest BCUT2D eigenvalue weighted by Crippen LogP contribution is 2.24. The number of benzene rings is 2. The Bertz CT molecular complexity index is 1380. The molecule has 0 aliphatic rings. The van der Waals surface area contributed by atoms with E-state index in [1.165, 1.54) is 29.8 Å². The van der Waals surface area contributed by atoms with Gasteiger partial charge in [-0.05, 0) is 17.7 Å². The fourth-order valence-corrected chi connectivity index (χ4v) is 5.77. The normalized spacial score (nSPS) is 12.4. The molecule has 240 valence electrons. The molecule has 0 aliphatic heterocycles. The Hall–Kier alpha value is -3.88. The molecule has 0 spiro atoms. The molecule has 0 saturated carbocycles. The summed E-state index contributed by atoms with van der Waals surface area (Å²) in [6, 6.07) is 18.9. The lowest BCUT2D eigenvalue weighted by Crippen LogP contribution is -2.53. The van der Waals surface area contributed by atoms with Crippen LogP contribution in [0.15, 0.2) is 84.1 Å². The van der Waals surface area contributed by atoms with Crippen molar-refractivity contribution >= 4 is 39.9 Å². The predicted molar refractivity (Wildman–Crippen MR) is 174 cm³/mol. The van der Waals surface area contributed by atoms with Crippen LogP contribution in [-0.4, -0.2) is 79.1 Å². The number of carbonyl (C=O) groups excluding carboxylic acids is 2. The van der Waals surface area contributed by atoms with Gasteiger partial charge in [0.15, 0.2) is 0 Å². The van der Waals surface area contributed by atoms with Crippen LogP contribution in [0.4, 0.5) is 14.6 Å². The molecule has 1 N–H and O–H groups in total. The van der Waals surface area contributed by atoms with Gasteiger partial charge in [-0.2, -0.15) is 0 Å². The number of hydrogen-bond acceptors (Lipinski definition) is 11. The third-order valence-corrected chi connectivity index (χ3v) is 8.32. The largest absolute Gasteiger partial charge is 0.452 e. The second kappa shape index (κ2) is 18.8. The zero-order valence-electron chi connectivity index (χ0n) is 25.4. The lowest BCUT2D eigenvalue weighted by atomic mass is 10.2.